The SMILES string of the molecule is Cc1nn(-c2cccc(Cl)c2)c(Cl)c1CN1CCCC(S(N)(=O)=O)C1. The molecule has 0 bridgehead atoms. The van der Waals surface area contributed by atoms with Crippen molar-refractivity contribution < 1.29 is 8.42 Å². The summed E-state index contributed by atoms with van der Waals surface area (Å²) in [7, 11) is -3.52. The Kier molecular flexibility index (Phi) is 5.41. The van der Waals surface area contributed by atoms with Crippen LogP contribution in [0.15, 0.2) is 24.3 Å². The number of primary sulfonamides is 1. The van der Waals surface area contributed by atoms with Crippen LogP contribution in [0.5, 0.6) is 0 Å². The Labute approximate surface area is 157 Å². The maximum absolute atomic E-state index is 11.6. The molecular weight excluding hydrogens is 383 g/mol. The molecule has 2 heterocycles. The van der Waals surface area contributed by atoms with Crippen LogP contribution in [0.2, 0.25) is 10.2 Å². The van der Waals surface area contributed by atoms with Gasteiger partial charge in [0.1, 0.15) is 5.15 Å². The van der Waals surface area contributed by atoms with E-state index >= 15 is 0 Å². The highest BCUT2D eigenvalue weighted by Crippen LogP contribution is 2.27. The lowest BCUT2D eigenvalue weighted by Crippen LogP contribution is -2.44. The van der Waals surface area contributed by atoms with Crippen molar-refractivity contribution in [2.75, 3.05) is 13.1 Å². The molecule has 2 aromatic rings. The zero-order valence-electron chi connectivity index (χ0n) is 13.8. The summed E-state index contributed by atoms with van der Waals surface area (Å²) in [6.07, 6.45) is 1.39. The molecule has 0 radical (unpaired) electrons. The molecule has 1 aromatic carbocycles. The van der Waals surface area contributed by atoms with Crippen LogP contribution in [0.3, 0.4) is 0 Å². The standard InChI is InChI=1S/C16H20Cl2N4O2S/c1-11-15(10-21-7-3-6-14(9-21)25(19,23)24)16(18)22(20-11)13-5-2-4-12(17)8-13/h2,4-5,8,14H,3,6-7,9-10H2,1H3,(H2,19,23,24). The Bertz CT molecular complexity index is 882. The highest BCUT2D eigenvalue weighted by atomic mass is 35.5. The average molecular weight is 403 g/mol. The zero-order chi connectivity index (χ0) is 18.2. The number of piperidine rings is 1. The first kappa shape index (κ1) is 18.7. The van der Waals surface area contributed by atoms with Crippen molar-refractivity contribution in [2.45, 2.75) is 31.6 Å². The summed E-state index contributed by atoms with van der Waals surface area (Å²) in [5.41, 5.74) is 2.48. The Hall–Kier alpha value is -1.12. The van der Waals surface area contributed by atoms with E-state index in [1.165, 1.54) is 0 Å². The van der Waals surface area contributed by atoms with Gasteiger partial charge in [-0.2, -0.15) is 5.10 Å². The normalized spacial score (nSPS) is 19.3. The summed E-state index contributed by atoms with van der Waals surface area (Å²) in [4.78, 5) is 2.07. The number of halogens is 2. The average Bonchev–Trinajstić information content (AvgIpc) is 2.83. The number of aryl methyl sites for hydroxylation is 1. The Balaban J connectivity index is 1.84. The van der Waals surface area contributed by atoms with E-state index in [1.807, 2.05) is 19.1 Å². The van der Waals surface area contributed by atoms with E-state index in [2.05, 4.69) is 10.00 Å². The van der Waals surface area contributed by atoms with Gasteiger partial charge in [-0.25, -0.2) is 18.2 Å². The molecule has 1 atom stereocenters. The minimum absolute atomic E-state index is 0.414. The van der Waals surface area contributed by atoms with Crippen LogP contribution in [0.1, 0.15) is 24.1 Å². The van der Waals surface area contributed by atoms with Crippen LogP contribution in [0, 0.1) is 6.92 Å². The third-order valence-electron chi connectivity index (χ3n) is 4.48. The van der Waals surface area contributed by atoms with Gasteiger partial charge in [0.05, 0.1) is 16.6 Å². The highest BCUT2D eigenvalue weighted by Gasteiger charge is 2.29. The first-order valence-electron chi connectivity index (χ1n) is 7.99. The number of hydrogen-bond acceptors (Lipinski definition) is 4. The summed E-state index contributed by atoms with van der Waals surface area (Å²) in [6, 6.07) is 7.30. The first-order chi connectivity index (χ1) is 11.8. The fourth-order valence-electron chi connectivity index (χ4n) is 3.14. The van der Waals surface area contributed by atoms with Gasteiger partial charge in [-0.05, 0) is 44.5 Å². The first-order valence-corrected chi connectivity index (χ1v) is 10.4. The predicted octanol–water partition coefficient (Wildman–Crippen LogP) is 2.74. The minimum Gasteiger partial charge on any atom is -0.298 e. The van der Waals surface area contributed by atoms with Crippen molar-refractivity contribution in [2.24, 2.45) is 5.14 Å². The molecule has 136 valence electrons. The van der Waals surface area contributed by atoms with Gasteiger partial charge in [-0.1, -0.05) is 29.3 Å². The molecule has 0 saturated carbocycles. The van der Waals surface area contributed by atoms with E-state index in [-0.39, 0.29) is 0 Å². The topological polar surface area (TPSA) is 81.2 Å². The Morgan fingerprint density at radius 2 is 2.12 bits per heavy atom. The molecule has 1 aliphatic heterocycles. The van der Waals surface area contributed by atoms with Crippen LogP contribution < -0.4 is 5.14 Å². The molecule has 2 N–H and O–H groups in total. The molecule has 1 aromatic heterocycles. The van der Waals surface area contributed by atoms with E-state index in [0.29, 0.717) is 29.7 Å². The Morgan fingerprint density at radius 1 is 1.36 bits per heavy atom. The maximum atomic E-state index is 11.6. The number of nitrogens with zero attached hydrogens (tertiary/aromatic N) is 3. The molecule has 0 spiro atoms. The van der Waals surface area contributed by atoms with E-state index in [0.717, 1.165) is 29.9 Å². The zero-order valence-corrected chi connectivity index (χ0v) is 16.2. The number of rotatable bonds is 4. The number of benzene rings is 1. The van der Waals surface area contributed by atoms with Crippen molar-refractivity contribution >= 4 is 33.2 Å². The van der Waals surface area contributed by atoms with Gasteiger partial charge >= 0.3 is 0 Å². The van der Waals surface area contributed by atoms with E-state index < -0.39 is 15.3 Å². The summed E-state index contributed by atoms with van der Waals surface area (Å²) < 4.78 is 24.9. The largest absolute Gasteiger partial charge is 0.298 e. The third-order valence-corrected chi connectivity index (χ3v) is 6.42. The van der Waals surface area contributed by atoms with Crippen molar-refractivity contribution in [1.82, 2.24) is 14.7 Å². The molecule has 1 fully saturated rings. The second-order valence-electron chi connectivity index (χ2n) is 6.33. The number of nitrogens with two attached hydrogens (primary N) is 1. The fraction of sp³-hybridized carbons (Fsp3) is 0.438. The lowest BCUT2D eigenvalue weighted by molar-refractivity contribution is 0.222. The second-order valence-corrected chi connectivity index (χ2v) is 8.97. The second kappa shape index (κ2) is 7.25. The lowest BCUT2D eigenvalue weighted by atomic mass is 10.1. The Morgan fingerprint density at radius 3 is 2.80 bits per heavy atom. The van der Waals surface area contributed by atoms with Crippen LogP contribution in [0.4, 0.5) is 0 Å². The van der Waals surface area contributed by atoms with Crippen LogP contribution in [-0.2, 0) is 16.6 Å². The van der Waals surface area contributed by atoms with Crippen molar-refractivity contribution in [1.29, 1.82) is 0 Å². The minimum atomic E-state index is -3.52. The lowest BCUT2D eigenvalue weighted by Gasteiger charge is -2.31. The maximum Gasteiger partial charge on any atom is 0.213 e. The van der Waals surface area contributed by atoms with Crippen LogP contribution in [0.25, 0.3) is 5.69 Å². The molecule has 1 saturated heterocycles. The van der Waals surface area contributed by atoms with Gasteiger partial charge in [-0.3, -0.25) is 4.90 Å². The fourth-order valence-corrected chi connectivity index (χ4v) is 4.57. The molecule has 1 unspecified atom stereocenters. The number of likely N-dealkylation sites (tertiary alicyclic amines) is 1. The van der Waals surface area contributed by atoms with Gasteiger partial charge in [0.15, 0.2) is 0 Å². The summed E-state index contributed by atoms with van der Waals surface area (Å²) >= 11 is 12.6. The van der Waals surface area contributed by atoms with Gasteiger partial charge < -0.3 is 0 Å². The van der Waals surface area contributed by atoms with Gasteiger partial charge in [0.25, 0.3) is 0 Å². The summed E-state index contributed by atoms with van der Waals surface area (Å²) in [5.74, 6) is 0. The monoisotopic (exact) mass is 402 g/mol. The molecule has 1 aliphatic rings. The van der Waals surface area contributed by atoms with Crippen LogP contribution in [-0.4, -0.2) is 41.4 Å². The number of sulfonamides is 1. The molecule has 0 amide bonds. The van der Waals surface area contributed by atoms with E-state index in [9.17, 15) is 8.42 Å². The highest BCUT2D eigenvalue weighted by molar-refractivity contribution is 7.89. The van der Waals surface area contributed by atoms with E-state index in [1.54, 1.807) is 16.8 Å². The third kappa shape index (κ3) is 4.17. The quantitative estimate of drug-likeness (QED) is 0.851. The van der Waals surface area contributed by atoms with Gasteiger partial charge in [0.2, 0.25) is 10.0 Å². The summed E-state index contributed by atoms with van der Waals surface area (Å²) in [6.45, 7) is 3.65. The van der Waals surface area contributed by atoms with Crippen molar-refractivity contribution in [3.05, 3.63) is 45.7 Å². The van der Waals surface area contributed by atoms with Crippen molar-refractivity contribution in [3.63, 3.8) is 0 Å². The van der Waals surface area contributed by atoms with Gasteiger partial charge in [0, 0.05) is 23.7 Å². The molecule has 0 aliphatic carbocycles. The van der Waals surface area contributed by atoms with E-state index in [4.69, 9.17) is 28.3 Å². The molecule has 3 rings (SSSR count). The molecule has 6 nitrogen and oxygen atoms in total. The number of hydrogen-bond donors (Lipinski definition) is 1. The smallest absolute Gasteiger partial charge is 0.213 e. The molecular formula is C16H20Cl2N4O2S. The summed E-state index contributed by atoms with van der Waals surface area (Å²) in [5, 5.41) is 10.4. The van der Waals surface area contributed by atoms with Crippen LogP contribution >= 0.6 is 23.2 Å². The number of aromatic nitrogens is 2. The van der Waals surface area contributed by atoms with Gasteiger partial charge in [-0.15, -0.1) is 0 Å². The predicted molar refractivity (Wildman–Crippen MR) is 99.7 cm³/mol. The molecule has 9 heteroatoms. The molecule has 25 heavy (non-hydrogen) atoms. The van der Waals surface area contributed by atoms with Crippen molar-refractivity contribution in [3.8, 4) is 5.69 Å².